The second-order valence-corrected chi connectivity index (χ2v) is 7.19. The van der Waals surface area contributed by atoms with Crippen LogP contribution in [0, 0.1) is 0 Å². The zero-order chi connectivity index (χ0) is 18.9. The Kier molecular flexibility index (Phi) is 8.13. The number of amides is 1. The molecule has 0 aliphatic heterocycles. The van der Waals surface area contributed by atoms with Crippen LogP contribution in [0.25, 0.3) is 0 Å². The van der Waals surface area contributed by atoms with E-state index in [2.05, 4.69) is 5.32 Å². The first-order valence-electron chi connectivity index (χ1n) is 8.40. The Labute approximate surface area is 164 Å². The maximum atomic E-state index is 12.3. The van der Waals surface area contributed by atoms with Crippen LogP contribution in [0.2, 0.25) is 5.02 Å². The van der Waals surface area contributed by atoms with E-state index in [0.717, 1.165) is 23.3 Å². The molecule has 1 unspecified atom stereocenters. The molecule has 4 nitrogen and oxygen atoms in total. The molecule has 1 atom stereocenters. The number of nitrogens with one attached hydrogen (secondary N) is 1. The minimum Gasteiger partial charge on any atom is -0.493 e. The maximum Gasteiger partial charge on any atom is 0.230 e. The van der Waals surface area contributed by atoms with Crippen molar-refractivity contribution >= 4 is 29.3 Å². The van der Waals surface area contributed by atoms with Gasteiger partial charge in [-0.2, -0.15) is 0 Å². The molecule has 6 heteroatoms. The third-order valence-electron chi connectivity index (χ3n) is 3.94. The second kappa shape index (κ2) is 10.3. The highest BCUT2D eigenvalue weighted by Gasteiger charge is 2.15. The van der Waals surface area contributed by atoms with Crippen molar-refractivity contribution in [1.82, 2.24) is 5.32 Å². The number of hydrogen-bond acceptors (Lipinski definition) is 4. The van der Waals surface area contributed by atoms with Gasteiger partial charge in [0.25, 0.3) is 0 Å². The summed E-state index contributed by atoms with van der Waals surface area (Å²) in [6.45, 7) is 2.04. The minimum atomic E-state index is -0.0610. The summed E-state index contributed by atoms with van der Waals surface area (Å²) in [5, 5.41) is 3.80. The summed E-state index contributed by atoms with van der Waals surface area (Å²) in [6.07, 6.45) is 0.792. The highest BCUT2D eigenvalue weighted by Crippen LogP contribution is 2.31. The molecule has 1 N–H and O–H groups in total. The SMILES string of the molecule is CCC(NC(=O)CSCc1cccc(Cl)c1)c1ccc(OC)c(OC)c1. The first-order valence-corrected chi connectivity index (χ1v) is 9.94. The van der Waals surface area contributed by atoms with Gasteiger partial charge in [-0.05, 0) is 41.8 Å². The molecule has 26 heavy (non-hydrogen) atoms. The Morgan fingerprint density at radius 2 is 1.92 bits per heavy atom. The van der Waals surface area contributed by atoms with Crippen molar-refractivity contribution < 1.29 is 14.3 Å². The number of hydrogen-bond donors (Lipinski definition) is 1. The molecular weight excluding hydrogens is 370 g/mol. The average Bonchev–Trinajstić information content (AvgIpc) is 2.65. The van der Waals surface area contributed by atoms with Crippen LogP contribution >= 0.6 is 23.4 Å². The Hall–Kier alpha value is -1.85. The van der Waals surface area contributed by atoms with Gasteiger partial charge >= 0.3 is 0 Å². The molecule has 2 aromatic rings. The molecular formula is C20H24ClNO3S. The van der Waals surface area contributed by atoms with Gasteiger partial charge in [0.2, 0.25) is 5.91 Å². The fourth-order valence-corrected chi connectivity index (χ4v) is 3.61. The predicted molar refractivity (Wildman–Crippen MR) is 108 cm³/mol. The summed E-state index contributed by atoms with van der Waals surface area (Å²) >= 11 is 7.55. The number of thioether (sulfide) groups is 1. The fraction of sp³-hybridized carbons (Fsp3) is 0.350. The van der Waals surface area contributed by atoms with Crippen molar-refractivity contribution in [2.45, 2.75) is 25.1 Å². The topological polar surface area (TPSA) is 47.6 Å². The van der Waals surface area contributed by atoms with Crippen LogP contribution in [0.15, 0.2) is 42.5 Å². The van der Waals surface area contributed by atoms with Gasteiger partial charge in [0.15, 0.2) is 11.5 Å². The molecule has 2 rings (SSSR count). The standard InChI is InChI=1S/C20H24ClNO3S/c1-4-17(15-8-9-18(24-2)19(11-15)25-3)22-20(23)13-26-12-14-6-5-7-16(21)10-14/h5-11,17H,4,12-13H2,1-3H3,(H,22,23). The number of carbonyl (C=O) groups excluding carboxylic acids is 1. The van der Waals surface area contributed by atoms with Crippen LogP contribution < -0.4 is 14.8 Å². The van der Waals surface area contributed by atoms with Gasteiger partial charge in [-0.3, -0.25) is 4.79 Å². The molecule has 0 saturated heterocycles. The van der Waals surface area contributed by atoms with Crippen LogP contribution in [0.5, 0.6) is 11.5 Å². The van der Waals surface area contributed by atoms with Gasteiger partial charge in [-0.1, -0.05) is 36.7 Å². The van der Waals surface area contributed by atoms with E-state index in [9.17, 15) is 4.79 Å². The smallest absolute Gasteiger partial charge is 0.230 e. The number of halogens is 1. The Bertz CT molecular complexity index is 739. The van der Waals surface area contributed by atoms with Crippen LogP contribution in [0.1, 0.15) is 30.5 Å². The lowest BCUT2D eigenvalue weighted by Gasteiger charge is -2.19. The first-order chi connectivity index (χ1) is 12.6. The van der Waals surface area contributed by atoms with Crippen molar-refractivity contribution in [2.24, 2.45) is 0 Å². The molecule has 0 spiro atoms. The van der Waals surface area contributed by atoms with E-state index < -0.39 is 0 Å². The first kappa shape index (κ1) is 20.5. The number of carbonyl (C=O) groups is 1. The molecule has 1 amide bonds. The monoisotopic (exact) mass is 393 g/mol. The largest absolute Gasteiger partial charge is 0.493 e. The van der Waals surface area contributed by atoms with Gasteiger partial charge in [-0.25, -0.2) is 0 Å². The Morgan fingerprint density at radius 1 is 1.15 bits per heavy atom. The minimum absolute atomic E-state index is 0.0127. The number of methoxy groups -OCH3 is 2. The summed E-state index contributed by atoms with van der Waals surface area (Å²) in [5.74, 6) is 2.50. The molecule has 0 aliphatic carbocycles. The summed E-state index contributed by atoms with van der Waals surface area (Å²) in [5.41, 5.74) is 2.11. The number of benzene rings is 2. The van der Waals surface area contributed by atoms with Gasteiger partial charge in [0.05, 0.1) is 26.0 Å². The zero-order valence-electron chi connectivity index (χ0n) is 15.3. The zero-order valence-corrected chi connectivity index (χ0v) is 16.8. The lowest BCUT2D eigenvalue weighted by Crippen LogP contribution is -2.29. The van der Waals surface area contributed by atoms with Crippen molar-refractivity contribution in [3.63, 3.8) is 0 Å². The van der Waals surface area contributed by atoms with E-state index in [-0.39, 0.29) is 11.9 Å². The molecule has 2 aromatic carbocycles. The number of rotatable bonds is 9. The predicted octanol–water partition coefficient (Wildman–Crippen LogP) is 4.86. The molecule has 0 aromatic heterocycles. The highest BCUT2D eigenvalue weighted by molar-refractivity contribution is 7.99. The van der Waals surface area contributed by atoms with Crippen LogP contribution in [0.4, 0.5) is 0 Å². The van der Waals surface area contributed by atoms with Gasteiger partial charge < -0.3 is 14.8 Å². The lowest BCUT2D eigenvalue weighted by atomic mass is 10.0. The van der Waals surface area contributed by atoms with Crippen LogP contribution in [0.3, 0.4) is 0 Å². The lowest BCUT2D eigenvalue weighted by molar-refractivity contribution is -0.119. The summed E-state index contributed by atoms with van der Waals surface area (Å²) < 4.78 is 10.6. The third kappa shape index (κ3) is 5.85. The van der Waals surface area contributed by atoms with Gasteiger partial charge in [0.1, 0.15) is 0 Å². The summed E-state index contributed by atoms with van der Waals surface area (Å²) in [6, 6.07) is 13.4. The van der Waals surface area contributed by atoms with Crippen molar-refractivity contribution in [1.29, 1.82) is 0 Å². The quantitative estimate of drug-likeness (QED) is 0.661. The highest BCUT2D eigenvalue weighted by atomic mass is 35.5. The van der Waals surface area contributed by atoms with Crippen LogP contribution in [-0.4, -0.2) is 25.9 Å². The molecule has 0 fully saturated rings. The van der Waals surface area contributed by atoms with E-state index in [1.54, 1.807) is 26.0 Å². The molecule has 0 aliphatic rings. The van der Waals surface area contributed by atoms with E-state index >= 15 is 0 Å². The summed E-state index contributed by atoms with van der Waals surface area (Å²) in [4.78, 5) is 12.3. The van der Waals surface area contributed by atoms with Gasteiger partial charge in [-0.15, -0.1) is 11.8 Å². The molecule has 140 valence electrons. The second-order valence-electron chi connectivity index (χ2n) is 5.77. The fourth-order valence-electron chi connectivity index (χ4n) is 2.61. The maximum absolute atomic E-state index is 12.3. The Morgan fingerprint density at radius 3 is 2.58 bits per heavy atom. The summed E-state index contributed by atoms with van der Waals surface area (Å²) in [7, 11) is 3.21. The molecule has 0 bridgehead atoms. The van der Waals surface area contributed by atoms with E-state index in [0.29, 0.717) is 22.3 Å². The van der Waals surface area contributed by atoms with Gasteiger partial charge in [0, 0.05) is 10.8 Å². The van der Waals surface area contributed by atoms with Crippen molar-refractivity contribution in [3.05, 3.63) is 58.6 Å². The van der Waals surface area contributed by atoms with Crippen LogP contribution in [-0.2, 0) is 10.5 Å². The Balaban J connectivity index is 1.91. The normalized spacial score (nSPS) is 11.7. The van der Waals surface area contributed by atoms with Crippen molar-refractivity contribution in [3.8, 4) is 11.5 Å². The molecule has 0 saturated carbocycles. The molecule has 0 radical (unpaired) electrons. The third-order valence-corrected chi connectivity index (χ3v) is 5.18. The average molecular weight is 394 g/mol. The molecule has 0 heterocycles. The van der Waals surface area contributed by atoms with Crippen molar-refractivity contribution in [2.75, 3.05) is 20.0 Å². The van der Waals surface area contributed by atoms with E-state index in [1.807, 2.05) is 49.4 Å². The van der Waals surface area contributed by atoms with E-state index in [4.69, 9.17) is 21.1 Å². The van der Waals surface area contributed by atoms with E-state index in [1.165, 1.54) is 0 Å². The number of ether oxygens (including phenoxy) is 2.